The van der Waals surface area contributed by atoms with Crippen molar-refractivity contribution in [3.63, 3.8) is 0 Å². The fraction of sp³-hybridized carbons (Fsp3) is 1.00. The molecule has 3 nitrogen and oxygen atoms in total. The standard InChI is InChI=1S/C10H19NO2/c12-7-10-8-13-5-4-11(10)6-9-2-1-3-9/h9-10,12H,1-8H2. The van der Waals surface area contributed by atoms with Crippen LogP contribution in [0.25, 0.3) is 0 Å². The first-order valence-electron chi connectivity index (χ1n) is 5.33. The summed E-state index contributed by atoms with van der Waals surface area (Å²) in [7, 11) is 0. The minimum absolute atomic E-state index is 0.243. The highest BCUT2D eigenvalue weighted by Gasteiger charge is 2.27. The van der Waals surface area contributed by atoms with Crippen molar-refractivity contribution in [1.29, 1.82) is 0 Å². The molecule has 0 radical (unpaired) electrons. The Morgan fingerprint density at radius 3 is 2.85 bits per heavy atom. The molecule has 3 heteroatoms. The number of ether oxygens (including phenoxy) is 1. The lowest BCUT2D eigenvalue weighted by molar-refractivity contribution is -0.0380. The van der Waals surface area contributed by atoms with E-state index in [4.69, 9.17) is 9.84 Å². The lowest BCUT2D eigenvalue weighted by Gasteiger charge is -2.39. The van der Waals surface area contributed by atoms with Crippen molar-refractivity contribution in [2.45, 2.75) is 25.3 Å². The molecule has 1 aliphatic carbocycles. The van der Waals surface area contributed by atoms with Crippen molar-refractivity contribution in [2.24, 2.45) is 5.92 Å². The molecule has 1 unspecified atom stereocenters. The maximum atomic E-state index is 9.14. The highest BCUT2D eigenvalue weighted by Crippen LogP contribution is 2.28. The van der Waals surface area contributed by atoms with E-state index in [1.165, 1.54) is 25.8 Å². The molecule has 0 aromatic carbocycles. The van der Waals surface area contributed by atoms with E-state index < -0.39 is 0 Å². The molecule has 1 N–H and O–H groups in total. The van der Waals surface area contributed by atoms with Gasteiger partial charge >= 0.3 is 0 Å². The van der Waals surface area contributed by atoms with Gasteiger partial charge in [-0.1, -0.05) is 6.42 Å². The number of nitrogens with zero attached hydrogens (tertiary/aromatic N) is 1. The molecule has 1 aliphatic heterocycles. The third-order valence-corrected chi connectivity index (χ3v) is 3.28. The van der Waals surface area contributed by atoms with Gasteiger partial charge in [0.05, 0.1) is 25.9 Å². The SMILES string of the molecule is OCC1COCCN1CC1CCC1. The third kappa shape index (κ3) is 2.22. The summed E-state index contributed by atoms with van der Waals surface area (Å²) in [6.45, 7) is 3.97. The van der Waals surface area contributed by atoms with Crippen LogP contribution in [0.4, 0.5) is 0 Å². The van der Waals surface area contributed by atoms with Crippen LogP contribution >= 0.6 is 0 Å². The molecule has 0 spiro atoms. The van der Waals surface area contributed by atoms with Gasteiger partial charge in [0.1, 0.15) is 0 Å². The minimum Gasteiger partial charge on any atom is -0.395 e. The van der Waals surface area contributed by atoms with Crippen LogP contribution < -0.4 is 0 Å². The molecular weight excluding hydrogens is 166 g/mol. The Morgan fingerprint density at radius 2 is 2.23 bits per heavy atom. The molecule has 0 aromatic heterocycles. The van der Waals surface area contributed by atoms with Crippen LogP contribution in [0.5, 0.6) is 0 Å². The predicted octanol–water partition coefficient (Wildman–Crippen LogP) is 0.480. The summed E-state index contributed by atoms with van der Waals surface area (Å²) in [5.41, 5.74) is 0. The fourth-order valence-corrected chi connectivity index (χ4v) is 2.10. The molecule has 1 atom stereocenters. The van der Waals surface area contributed by atoms with E-state index in [1.807, 2.05) is 0 Å². The van der Waals surface area contributed by atoms with Crippen molar-refractivity contribution in [1.82, 2.24) is 4.90 Å². The Kier molecular flexibility index (Phi) is 3.19. The lowest BCUT2D eigenvalue weighted by Crippen LogP contribution is -2.49. The first kappa shape index (κ1) is 9.44. The minimum atomic E-state index is 0.243. The average Bonchev–Trinajstić information content (AvgIpc) is 2.12. The number of morpholine rings is 1. The zero-order chi connectivity index (χ0) is 9.10. The number of hydrogen-bond acceptors (Lipinski definition) is 3. The maximum Gasteiger partial charge on any atom is 0.0644 e. The molecule has 2 fully saturated rings. The highest BCUT2D eigenvalue weighted by molar-refractivity contribution is 4.80. The van der Waals surface area contributed by atoms with Crippen molar-refractivity contribution in [2.75, 3.05) is 32.9 Å². The maximum absolute atomic E-state index is 9.14. The average molecular weight is 185 g/mol. The Morgan fingerprint density at radius 1 is 1.38 bits per heavy atom. The Labute approximate surface area is 79.7 Å². The molecule has 0 bridgehead atoms. The van der Waals surface area contributed by atoms with Crippen LogP contribution in [0.15, 0.2) is 0 Å². The zero-order valence-corrected chi connectivity index (χ0v) is 8.11. The summed E-state index contributed by atoms with van der Waals surface area (Å²) < 4.78 is 5.33. The second-order valence-corrected chi connectivity index (χ2v) is 4.20. The number of aliphatic hydroxyl groups is 1. The Hall–Kier alpha value is -0.120. The van der Waals surface area contributed by atoms with Crippen molar-refractivity contribution >= 4 is 0 Å². The van der Waals surface area contributed by atoms with Gasteiger partial charge in [-0.05, 0) is 18.8 Å². The first-order valence-corrected chi connectivity index (χ1v) is 5.33. The quantitative estimate of drug-likeness (QED) is 0.694. The molecule has 0 amide bonds. The topological polar surface area (TPSA) is 32.7 Å². The van der Waals surface area contributed by atoms with E-state index in [-0.39, 0.29) is 12.6 Å². The first-order chi connectivity index (χ1) is 6.40. The molecule has 2 rings (SSSR count). The van der Waals surface area contributed by atoms with Crippen molar-refractivity contribution in [3.8, 4) is 0 Å². The smallest absolute Gasteiger partial charge is 0.0644 e. The van der Waals surface area contributed by atoms with Crippen molar-refractivity contribution < 1.29 is 9.84 Å². The molecule has 1 heterocycles. The van der Waals surface area contributed by atoms with Gasteiger partial charge in [-0.2, -0.15) is 0 Å². The number of aliphatic hydroxyl groups excluding tert-OH is 1. The highest BCUT2D eigenvalue weighted by atomic mass is 16.5. The van der Waals surface area contributed by atoms with E-state index in [9.17, 15) is 0 Å². The monoisotopic (exact) mass is 185 g/mol. The van der Waals surface area contributed by atoms with Crippen LogP contribution in [0.3, 0.4) is 0 Å². The van der Waals surface area contributed by atoms with E-state index in [0.717, 1.165) is 19.1 Å². The molecule has 2 aliphatic rings. The summed E-state index contributed by atoms with van der Waals surface area (Å²) >= 11 is 0. The molecule has 13 heavy (non-hydrogen) atoms. The summed E-state index contributed by atoms with van der Waals surface area (Å²) in [5, 5.41) is 9.14. The predicted molar refractivity (Wildman–Crippen MR) is 50.6 cm³/mol. The van der Waals surface area contributed by atoms with Crippen LogP contribution in [0.2, 0.25) is 0 Å². The third-order valence-electron chi connectivity index (χ3n) is 3.28. The van der Waals surface area contributed by atoms with E-state index in [2.05, 4.69) is 4.90 Å². The van der Waals surface area contributed by atoms with E-state index in [0.29, 0.717) is 6.61 Å². The number of rotatable bonds is 3. The molecule has 76 valence electrons. The van der Waals surface area contributed by atoms with Gasteiger partial charge in [0.2, 0.25) is 0 Å². The lowest BCUT2D eigenvalue weighted by atomic mass is 9.85. The van der Waals surface area contributed by atoms with Crippen LogP contribution in [-0.2, 0) is 4.74 Å². The summed E-state index contributed by atoms with van der Waals surface area (Å²) in [5.74, 6) is 0.896. The van der Waals surface area contributed by atoms with Gasteiger partial charge in [0.15, 0.2) is 0 Å². The van der Waals surface area contributed by atoms with E-state index in [1.54, 1.807) is 0 Å². The second kappa shape index (κ2) is 4.40. The summed E-state index contributed by atoms with van der Waals surface area (Å²) in [4.78, 5) is 2.40. The van der Waals surface area contributed by atoms with Crippen LogP contribution in [0, 0.1) is 5.92 Å². The molecule has 1 saturated heterocycles. The summed E-state index contributed by atoms with van der Waals surface area (Å²) in [6.07, 6.45) is 4.17. The van der Waals surface area contributed by atoms with Gasteiger partial charge < -0.3 is 9.84 Å². The van der Waals surface area contributed by atoms with Crippen LogP contribution in [-0.4, -0.2) is 49.0 Å². The fourth-order valence-electron chi connectivity index (χ4n) is 2.10. The summed E-state index contributed by atoms with van der Waals surface area (Å²) in [6, 6.07) is 0.259. The Bertz CT molecular complexity index is 159. The molecule has 1 saturated carbocycles. The molecule has 0 aromatic rings. The van der Waals surface area contributed by atoms with Gasteiger partial charge in [0.25, 0.3) is 0 Å². The zero-order valence-electron chi connectivity index (χ0n) is 8.11. The Balaban J connectivity index is 1.79. The second-order valence-electron chi connectivity index (χ2n) is 4.20. The largest absolute Gasteiger partial charge is 0.395 e. The van der Waals surface area contributed by atoms with Crippen LogP contribution in [0.1, 0.15) is 19.3 Å². The van der Waals surface area contributed by atoms with Gasteiger partial charge in [-0.25, -0.2) is 0 Å². The normalized spacial score (nSPS) is 31.6. The van der Waals surface area contributed by atoms with Gasteiger partial charge in [-0.15, -0.1) is 0 Å². The number of hydrogen-bond donors (Lipinski definition) is 1. The van der Waals surface area contributed by atoms with Gasteiger partial charge in [0, 0.05) is 13.1 Å². The molecular formula is C10H19NO2. The van der Waals surface area contributed by atoms with Gasteiger partial charge in [-0.3, -0.25) is 4.90 Å². The van der Waals surface area contributed by atoms with Crippen molar-refractivity contribution in [3.05, 3.63) is 0 Å². The van der Waals surface area contributed by atoms with E-state index >= 15 is 0 Å².